The van der Waals surface area contributed by atoms with E-state index in [1.54, 1.807) is 0 Å². The molecule has 0 spiro atoms. The molecule has 0 aliphatic heterocycles. The molecule has 1 N–H and O–H groups in total. The van der Waals surface area contributed by atoms with Crippen LogP contribution in [0, 0.1) is 0 Å². The highest BCUT2D eigenvalue weighted by Gasteiger charge is 2.12. The van der Waals surface area contributed by atoms with Gasteiger partial charge in [-0.3, -0.25) is 0 Å². The third-order valence-corrected chi connectivity index (χ3v) is 3.04. The lowest BCUT2D eigenvalue weighted by atomic mass is 10.0. The summed E-state index contributed by atoms with van der Waals surface area (Å²) in [4.78, 5) is 8.90. The Kier molecular flexibility index (Phi) is 5.02. The number of hydrogen-bond acceptors (Lipinski definition) is 3. The van der Waals surface area contributed by atoms with Crippen LogP contribution < -0.4 is 5.32 Å². The first-order chi connectivity index (χ1) is 7.22. The summed E-state index contributed by atoms with van der Waals surface area (Å²) in [6.07, 6.45) is 4.01. The van der Waals surface area contributed by atoms with Crippen molar-refractivity contribution < 1.29 is 0 Å². The molecule has 0 radical (unpaired) electrons. The molecule has 0 amide bonds. The number of rotatable bonds is 5. The highest BCUT2D eigenvalue weighted by Crippen LogP contribution is 2.24. The van der Waals surface area contributed by atoms with Gasteiger partial charge in [0, 0.05) is 18.7 Å². The van der Waals surface area contributed by atoms with Crippen molar-refractivity contribution in [3.05, 3.63) is 16.5 Å². The van der Waals surface area contributed by atoms with E-state index in [1.807, 2.05) is 6.20 Å². The van der Waals surface area contributed by atoms with Crippen molar-refractivity contribution in [3.8, 4) is 0 Å². The van der Waals surface area contributed by atoms with Crippen LogP contribution in [0.4, 0.5) is 5.82 Å². The fourth-order valence-corrected chi connectivity index (χ4v) is 1.85. The van der Waals surface area contributed by atoms with Crippen LogP contribution in [-0.4, -0.2) is 16.5 Å². The molecule has 0 aliphatic rings. The number of nitrogens with one attached hydrogen (secondary N) is 1. The Morgan fingerprint density at radius 1 is 1.33 bits per heavy atom. The fourth-order valence-electron chi connectivity index (χ4n) is 1.52. The maximum absolute atomic E-state index is 4.53. The Morgan fingerprint density at radius 2 is 2.00 bits per heavy atom. The molecule has 15 heavy (non-hydrogen) atoms. The quantitative estimate of drug-likeness (QED) is 0.890. The van der Waals surface area contributed by atoms with E-state index in [4.69, 9.17) is 0 Å². The van der Waals surface area contributed by atoms with Crippen molar-refractivity contribution in [1.82, 2.24) is 9.97 Å². The van der Waals surface area contributed by atoms with Gasteiger partial charge >= 0.3 is 0 Å². The minimum Gasteiger partial charge on any atom is -0.369 e. The molecule has 0 aromatic carbocycles. The maximum atomic E-state index is 4.53. The zero-order valence-corrected chi connectivity index (χ0v) is 11.1. The molecule has 1 rings (SSSR count). The Bertz CT molecular complexity index is 311. The highest BCUT2D eigenvalue weighted by atomic mass is 79.9. The molecule has 0 fully saturated rings. The summed E-state index contributed by atoms with van der Waals surface area (Å²) in [5.41, 5.74) is 0. The lowest BCUT2D eigenvalue weighted by Gasteiger charge is -2.13. The second kappa shape index (κ2) is 6.05. The SMILES string of the molecule is CCNc1nc(C(CC)CC)ncc1Br. The van der Waals surface area contributed by atoms with E-state index in [0.717, 1.165) is 35.5 Å². The topological polar surface area (TPSA) is 37.8 Å². The van der Waals surface area contributed by atoms with Gasteiger partial charge in [0.2, 0.25) is 0 Å². The lowest BCUT2D eigenvalue weighted by molar-refractivity contribution is 0.602. The second-order valence-corrected chi connectivity index (χ2v) is 4.32. The normalized spacial score (nSPS) is 10.7. The van der Waals surface area contributed by atoms with Crippen LogP contribution in [0.3, 0.4) is 0 Å². The summed E-state index contributed by atoms with van der Waals surface area (Å²) >= 11 is 3.44. The predicted molar refractivity (Wildman–Crippen MR) is 67.2 cm³/mol. The van der Waals surface area contributed by atoms with E-state index in [1.165, 1.54) is 0 Å². The summed E-state index contributed by atoms with van der Waals surface area (Å²) in [5.74, 6) is 2.31. The van der Waals surface area contributed by atoms with Gasteiger partial charge in [-0.2, -0.15) is 0 Å². The van der Waals surface area contributed by atoms with Gasteiger partial charge in [0.1, 0.15) is 11.6 Å². The Balaban J connectivity index is 2.95. The first-order valence-corrected chi connectivity index (χ1v) is 6.28. The fraction of sp³-hybridized carbons (Fsp3) is 0.636. The van der Waals surface area contributed by atoms with E-state index < -0.39 is 0 Å². The predicted octanol–water partition coefficient (Wildman–Crippen LogP) is 3.57. The summed E-state index contributed by atoms with van der Waals surface area (Å²) in [6, 6.07) is 0. The average Bonchev–Trinajstić information content (AvgIpc) is 2.25. The molecule has 0 saturated heterocycles. The minimum absolute atomic E-state index is 0.468. The van der Waals surface area contributed by atoms with Gasteiger partial charge in [-0.05, 0) is 35.7 Å². The molecule has 4 heteroatoms. The Labute approximate surface area is 99.8 Å². The van der Waals surface area contributed by atoms with Gasteiger partial charge in [-0.25, -0.2) is 9.97 Å². The van der Waals surface area contributed by atoms with E-state index in [0.29, 0.717) is 5.92 Å². The summed E-state index contributed by atoms with van der Waals surface area (Å²) < 4.78 is 0.930. The molecule has 3 nitrogen and oxygen atoms in total. The minimum atomic E-state index is 0.468. The van der Waals surface area contributed by atoms with Gasteiger partial charge < -0.3 is 5.32 Å². The first kappa shape index (κ1) is 12.4. The van der Waals surface area contributed by atoms with Gasteiger partial charge in [0.15, 0.2) is 0 Å². The summed E-state index contributed by atoms with van der Waals surface area (Å²) in [5, 5.41) is 3.22. The molecule has 1 heterocycles. The van der Waals surface area contributed by atoms with Crippen LogP contribution in [0.1, 0.15) is 45.4 Å². The molecule has 1 aromatic rings. The van der Waals surface area contributed by atoms with Crippen molar-refractivity contribution in [1.29, 1.82) is 0 Å². The average molecular weight is 272 g/mol. The third kappa shape index (κ3) is 3.16. The molecule has 84 valence electrons. The van der Waals surface area contributed by atoms with E-state index in [2.05, 4.69) is 52.0 Å². The number of hydrogen-bond donors (Lipinski definition) is 1. The van der Waals surface area contributed by atoms with Crippen molar-refractivity contribution >= 4 is 21.7 Å². The molecule has 0 atom stereocenters. The number of anilines is 1. The summed E-state index contributed by atoms with van der Waals surface area (Å²) in [7, 11) is 0. The first-order valence-electron chi connectivity index (χ1n) is 5.49. The Hall–Kier alpha value is -0.640. The number of aromatic nitrogens is 2. The van der Waals surface area contributed by atoms with Crippen molar-refractivity contribution in [2.75, 3.05) is 11.9 Å². The van der Waals surface area contributed by atoms with Crippen LogP contribution >= 0.6 is 15.9 Å². The monoisotopic (exact) mass is 271 g/mol. The van der Waals surface area contributed by atoms with Gasteiger partial charge in [0.25, 0.3) is 0 Å². The van der Waals surface area contributed by atoms with Crippen LogP contribution in [0.25, 0.3) is 0 Å². The molecule has 0 bridgehead atoms. The van der Waals surface area contributed by atoms with E-state index >= 15 is 0 Å². The molecule has 0 unspecified atom stereocenters. The second-order valence-electron chi connectivity index (χ2n) is 3.47. The molecule has 0 saturated carbocycles. The van der Waals surface area contributed by atoms with Crippen molar-refractivity contribution in [2.45, 2.75) is 39.5 Å². The van der Waals surface area contributed by atoms with Crippen molar-refractivity contribution in [2.24, 2.45) is 0 Å². The summed E-state index contributed by atoms with van der Waals surface area (Å²) in [6.45, 7) is 7.28. The smallest absolute Gasteiger partial charge is 0.144 e. The van der Waals surface area contributed by atoms with Gasteiger partial charge in [-0.15, -0.1) is 0 Å². The zero-order valence-electron chi connectivity index (χ0n) is 9.55. The van der Waals surface area contributed by atoms with Gasteiger partial charge in [0.05, 0.1) is 4.47 Å². The highest BCUT2D eigenvalue weighted by molar-refractivity contribution is 9.10. The molecular formula is C11H18BrN3. The largest absolute Gasteiger partial charge is 0.369 e. The lowest BCUT2D eigenvalue weighted by Crippen LogP contribution is -2.07. The molecule has 1 aromatic heterocycles. The van der Waals surface area contributed by atoms with Crippen LogP contribution in [0.15, 0.2) is 10.7 Å². The molecule has 0 aliphatic carbocycles. The standard InChI is InChI=1S/C11H18BrN3/c1-4-8(5-2)10-14-7-9(12)11(15-10)13-6-3/h7-8H,4-6H2,1-3H3,(H,13,14,15). The third-order valence-electron chi connectivity index (χ3n) is 2.46. The van der Waals surface area contributed by atoms with Crippen LogP contribution in [0.2, 0.25) is 0 Å². The number of halogens is 1. The number of nitrogens with zero attached hydrogens (tertiary/aromatic N) is 2. The van der Waals surface area contributed by atoms with E-state index in [9.17, 15) is 0 Å². The van der Waals surface area contributed by atoms with Crippen LogP contribution in [0.5, 0.6) is 0 Å². The van der Waals surface area contributed by atoms with E-state index in [-0.39, 0.29) is 0 Å². The Morgan fingerprint density at radius 3 is 2.53 bits per heavy atom. The van der Waals surface area contributed by atoms with Crippen LogP contribution in [-0.2, 0) is 0 Å². The zero-order chi connectivity index (χ0) is 11.3. The van der Waals surface area contributed by atoms with Gasteiger partial charge in [-0.1, -0.05) is 13.8 Å². The maximum Gasteiger partial charge on any atom is 0.144 e. The van der Waals surface area contributed by atoms with Crippen molar-refractivity contribution in [3.63, 3.8) is 0 Å². The molecular weight excluding hydrogens is 254 g/mol.